The molecule has 3 aromatic rings. The monoisotopic (exact) mass is 403 g/mol. The molecule has 1 N–H and O–H groups in total. The zero-order valence-corrected chi connectivity index (χ0v) is 17.7. The van der Waals surface area contributed by atoms with Crippen molar-refractivity contribution in [1.82, 2.24) is 19.9 Å². The molecule has 0 spiro atoms. The maximum Gasteiger partial charge on any atom is 0.130 e. The fourth-order valence-electron chi connectivity index (χ4n) is 3.89. The SMILES string of the molecule is COc1ccc(CN2CCC(CNc3cc(-c4ccccn4)nc(C)n3)CC2)cc1. The van der Waals surface area contributed by atoms with Crippen molar-refractivity contribution >= 4 is 5.82 Å². The molecule has 30 heavy (non-hydrogen) atoms. The van der Waals surface area contributed by atoms with Crippen LogP contribution in [0, 0.1) is 12.8 Å². The maximum absolute atomic E-state index is 5.24. The Hall–Kier alpha value is -2.99. The fourth-order valence-corrected chi connectivity index (χ4v) is 3.89. The van der Waals surface area contributed by atoms with Crippen LogP contribution in [0.15, 0.2) is 54.7 Å². The third-order valence-electron chi connectivity index (χ3n) is 5.61. The third-order valence-corrected chi connectivity index (χ3v) is 5.61. The molecule has 2 aromatic heterocycles. The van der Waals surface area contributed by atoms with E-state index in [1.165, 1.54) is 18.4 Å². The van der Waals surface area contributed by atoms with Gasteiger partial charge in [0, 0.05) is 25.4 Å². The molecule has 156 valence electrons. The van der Waals surface area contributed by atoms with Gasteiger partial charge in [0.1, 0.15) is 17.4 Å². The van der Waals surface area contributed by atoms with Crippen molar-refractivity contribution in [3.05, 3.63) is 66.1 Å². The normalized spacial score (nSPS) is 15.1. The molecule has 1 fully saturated rings. The van der Waals surface area contributed by atoms with Gasteiger partial charge < -0.3 is 10.1 Å². The Morgan fingerprint density at radius 3 is 2.53 bits per heavy atom. The fraction of sp³-hybridized carbons (Fsp3) is 0.375. The average molecular weight is 404 g/mol. The number of aryl methyl sites for hydroxylation is 1. The van der Waals surface area contributed by atoms with Crippen molar-refractivity contribution in [3.8, 4) is 17.1 Å². The molecule has 1 aliphatic heterocycles. The number of hydrogen-bond donors (Lipinski definition) is 1. The molecule has 0 radical (unpaired) electrons. The van der Waals surface area contributed by atoms with Crippen LogP contribution in [0.4, 0.5) is 5.82 Å². The van der Waals surface area contributed by atoms with E-state index in [2.05, 4.69) is 37.3 Å². The highest BCUT2D eigenvalue weighted by atomic mass is 16.5. The smallest absolute Gasteiger partial charge is 0.130 e. The van der Waals surface area contributed by atoms with Gasteiger partial charge in [-0.05, 0) is 68.6 Å². The number of aromatic nitrogens is 3. The molecule has 6 heteroatoms. The molecule has 1 aromatic carbocycles. The van der Waals surface area contributed by atoms with Crippen molar-refractivity contribution in [2.24, 2.45) is 5.92 Å². The summed E-state index contributed by atoms with van der Waals surface area (Å²) in [5.74, 6) is 3.21. The standard InChI is InChI=1S/C24H29N5O/c1-18-27-23(22-5-3-4-12-25-22)15-24(28-18)26-16-19-10-13-29(14-11-19)17-20-6-8-21(30-2)9-7-20/h3-9,12,15,19H,10-11,13-14,16-17H2,1-2H3,(H,26,27,28). The summed E-state index contributed by atoms with van der Waals surface area (Å²) in [4.78, 5) is 16.0. The molecule has 0 unspecified atom stereocenters. The molecule has 6 nitrogen and oxygen atoms in total. The minimum Gasteiger partial charge on any atom is -0.497 e. The van der Waals surface area contributed by atoms with Crippen LogP contribution in [0.25, 0.3) is 11.4 Å². The van der Waals surface area contributed by atoms with E-state index in [-0.39, 0.29) is 0 Å². The quantitative estimate of drug-likeness (QED) is 0.639. The first-order valence-corrected chi connectivity index (χ1v) is 10.6. The van der Waals surface area contributed by atoms with Crippen molar-refractivity contribution in [2.45, 2.75) is 26.3 Å². The lowest BCUT2D eigenvalue weighted by Gasteiger charge is -2.32. The van der Waals surface area contributed by atoms with Crippen LogP contribution < -0.4 is 10.1 Å². The number of piperidine rings is 1. The van der Waals surface area contributed by atoms with Crippen LogP contribution in [0.1, 0.15) is 24.2 Å². The van der Waals surface area contributed by atoms with Gasteiger partial charge >= 0.3 is 0 Å². The number of hydrogen-bond acceptors (Lipinski definition) is 6. The van der Waals surface area contributed by atoms with Crippen molar-refractivity contribution < 1.29 is 4.74 Å². The van der Waals surface area contributed by atoms with E-state index in [0.717, 1.165) is 55.0 Å². The van der Waals surface area contributed by atoms with Gasteiger partial charge in [0.25, 0.3) is 0 Å². The summed E-state index contributed by atoms with van der Waals surface area (Å²) in [6, 6.07) is 16.2. The van der Waals surface area contributed by atoms with E-state index < -0.39 is 0 Å². The summed E-state index contributed by atoms with van der Waals surface area (Å²) in [6.45, 7) is 6.12. The zero-order chi connectivity index (χ0) is 20.8. The highest BCUT2D eigenvalue weighted by molar-refractivity contribution is 5.58. The lowest BCUT2D eigenvalue weighted by molar-refractivity contribution is 0.182. The molecule has 0 atom stereocenters. The molecule has 4 rings (SSSR count). The summed E-state index contributed by atoms with van der Waals surface area (Å²) in [5, 5.41) is 3.53. The number of nitrogens with zero attached hydrogens (tertiary/aromatic N) is 4. The van der Waals surface area contributed by atoms with Gasteiger partial charge in [0.15, 0.2) is 0 Å². The van der Waals surface area contributed by atoms with Crippen LogP contribution in [0.3, 0.4) is 0 Å². The van der Waals surface area contributed by atoms with Crippen LogP contribution in [-0.2, 0) is 6.54 Å². The van der Waals surface area contributed by atoms with E-state index in [1.54, 1.807) is 13.3 Å². The molecule has 0 saturated carbocycles. The number of rotatable bonds is 7. The number of methoxy groups -OCH3 is 1. The summed E-state index contributed by atoms with van der Waals surface area (Å²) < 4.78 is 5.24. The summed E-state index contributed by atoms with van der Waals surface area (Å²) in [5.41, 5.74) is 3.07. The lowest BCUT2D eigenvalue weighted by Crippen LogP contribution is -2.35. The molecule has 0 bridgehead atoms. The first kappa shape index (κ1) is 20.3. The second kappa shape index (κ2) is 9.67. The molecule has 0 aliphatic carbocycles. The number of pyridine rings is 1. The highest BCUT2D eigenvalue weighted by Crippen LogP contribution is 2.22. The number of ether oxygens (including phenoxy) is 1. The van der Waals surface area contributed by atoms with E-state index in [9.17, 15) is 0 Å². The minimum absolute atomic E-state index is 0.658. The number of benzene rings is 1. The molecular formula is C24H29N5O. The van der Waals surface area contributed by atoms with Crippen molar-refractivity contribution in [3.63, 3.8) is 0 Å². The van der Waals surface area contributed by atoms with Gasteiger partial charge in [-0.1, -0.05) is 18.2 Å². The average Bonchev–Trinajstić information content (AvgIpc) is 2.79. The highest BCUT2D eigenvalue weighted by Gasteiger charge is 2.19. The Morgan fingerprint density at radius 1 is 1.03 bits per heavy atom. The topological polar surface area (TPSA) is 63.2 Å². The second-order valence-electron chi connectivity index (χ2n) is 7.85. The van der Waals surface area contributed by atoms with E-state index >= 15 is 0 Å². The van der Waals surface area contributed by atoms with Gasteiger partial charge in [-0.2, -0.15) is 0 Å². The van der Waals surface area contributed by atoms with Crippen LogP contribution in [0.5, 0.6) is 5.75 Å². The summed E-state index contributed by atoms with van der Waals surface area (Å²) >= 11 is 0. The van der Waals surface area contributed by atoms with E-state index in [0.29, 0.717) is 5.92 Å². The first-order chi connectivity index (χ1) is 14.7. The second-order valence-corrected chi connectivity index (χ2v) is 7.85. The Kier molecular flexibility index (Phi) is 6.54. The predicted molar refractivity (Wildman–Crippen MR) is 119 cm³/mol. The Labute approximate surface area is 178 Å². The Balaban J connectivity index is 1.28. The minimum atomic E-state index is 0.658. The van der Waals surface area contributed by atoms with Gasteiger partial charge in [0.05, 0.1) is 18.5 Å². The van der Waals surface area contributed by atoms with Crippen molar-refractivity contribution in [1.29, 1.82) is 0 Å². The first-order valence-electron chi connectivity index (χ1n) is 10.6. The molecule has 3 heterocycles. The zero-order valence-electron chi connectivity index (χ0n) is 17.7. The number of anilines is 1. The van der Waals surface area contributed by atoms with Crippen molar-refractivity contribution in [2.75, 3.05) is 32.1 Å². The summed E-state index contributed by atoms with van der Waals surface area (Å²) in [7, 11) is 1.70. The number of nitrogens with one attached hydrogen (secondary N) is 1. The molecular weight excluding hydrogens is 374 g/mol. The molecule has 1 saturated heterocycles. The Bertz CT molecular complexity index is 938. The van der Waals surface area contributed by atoms with E-state index in [1.807, 2.05) is 43.3 Å². The molecule has 0 amide bonds. The lowest BCUT2D eigenvalue weighted by atomic mass is 9.96. The van der Waals surface area contributed by atoms with Gasteiger partial charge in [-0.15, -0.1) is 0 Å². The summed E-state index contributed by atoms with van der Waals surface area (Å²) in [6.07, 6.45) is 4.18. The predicted octanol–water partition coefficient (Wildman–Crippen LogP) is 4.18. The maximum atomic E-state index is 5.24. The van der Waals surface area contributed by atoms with Crippen LogP contribution in [-0.4, -0.2) is 46.6 Å². The van der Waals surface area contributed by atoms with Gasteiger partial charge in [-0.25, -0.2) is 9.97 Å². The number of likely N-dealkylation sites (tertiary alicyclic amines) is 1. The van der Waals surface area contributed by atoms with Gasteiger partial charge in [-0.3, -0.25) is 9.88 Å². The van der Waals surface area contributed by atoms with Crippen LogP contribution >= 0.6 is 0 Å². The largest absolute Gasteiger partial charge is 0.497 e. The molecule has 1 aliphatic rings. The van der Waals surface area contributed by atoms with Gasteiger partial charge in [0.2, 0.25) is 0 Å². The Morgan fingerprint density at radius 2 is 1.83 bits per heavy atom. The van der Waals surface area contributed by atoms with E-state index in [4.69, 9.17) is 4.74 Å². The third kappa shape index (κ3) is 5.33. The van der Waals surface area contributed by atoms with Crippen LogP contribution in [0.2, 0.25) is 0 Å².